The van der Waals surface area contributed by atoms with Gasteiger partial charge in [-0.3, -0.25) is 0 Å². The van der Waals surface area contributed by atoms with Gasteiger partial charge in [0.2, 0.25) is 0 Å². The number of hydrogen-bond donors (Lipinski definition) is 2. The zero-order valence-corrected chi connectivity index (χ0v) is 4.89. The van der Waals surface area contributed by atoms with E-state index in [1.165, 1.54) is 0 Å². The van der Waals surface area contributed by atoms with Crippen molar-refractivity contribution in [3.05, 3.63) is 11.8 Å². The maximum Gasteiger partial charge on any atom is 0.0604 e. The Morgan fingerprint density at radius 2 is 2.50 bits per heavy atom. The molecule has 0 spiro atoms. The van der Waals surface area contributed by atoms with E-state index in [1.807, 2.05) is 0 Å². The van der Waals surface area contributed by atoms with Gasteiger partial charge in [-0.25, -0.2) is 5.53 Å². The predicted octanol–water partition coefficient (Wildman–Crippen LogP) is 1.30. The highest BCUT2D eigenvalue weighted by Gasteiger charge is 1.87. The van der Waals surface area contributed by atoms with E-state index in [0.717, 1.165) is 0 Å². The number of aliphatic hydroxyl groups excluding tert-OH is 1. The molecule has 46 valence electrons. The average molecular weight is 114 g/mol. The van der Waals surface area contributed by atoms with Gasteiger partial charge in [0.1, 0.15) is 0 Å². The molecule has 0 aromatic carbocycles. The number of nitrogens with one attached hydrogen (secondary N) is 1. The van der Waals surface area contributed by atoms with Gasteiger partial charge in [-0.2, -0.15) is 5.11 Å². The Morgan fingerprint density at radius 1 is 1.88 bits per heavy atom. The molecule has 0 aliphatic carbocycles. The van der Waals surface area contributed by atoms with Crippen LogP contribution in [-0.2, 0) is 0 Å². The molecule has 3 heteroatoms. The van der Waals surface area contributed by atoms with Crippen molar-refractivity contribution in [3.63, 3.8) is 0 Å². The van der Waals surface area contributed by atoms with Crippen LogP contribution in [0.25, 0.3) is 0 Å². The molecule has 8 heavy (non-hydrogen) atoms. The topological polar surface area (TPSA) is 56.4 Å². The fourth-order valence-electron chi connectivity index (χ4n) is 0.379. The Labute approximate surface area is 48.5 Å². The first-order chi connectivity index (χ1) is 3.85. The molecule has 0 atom stereocenters. The third-order valence-corrected chi connectivity index (χ3v) is 0.845. The van der Waals surface area contributed by atoms with Crippen LogP contribution in [0.2, 0.25) is 0 Å². The van der Waals surface area contributed by atoms with Crippen molar-refractivity contribution >= 4 is 0 Å². The van der Waals surface area contributed by atoms with Crippen molar-refractivity contribution in [1.82, 2.24) is 0 Å². The Hall–Kier alpha value is -0.700. The summed E-state index contributed by atoms with van der Waals surface area (Å²) in [4.78, 5) is 0. The third-order valence-electron chi connectivity index (χ3n) is 0.845. The van der Waals surface area contributed by atoms with Crippen LogP contribution in [0.5, 0.6) is 0 Å². The maximum absolute atomic E-state index is 8.31. The molecule has 0 aliphatic heterocycles. The van der Waals surface area contributed by atoms with Crippen LogP contribution >= 0.6 is 0 Å². The zero-order valence-electron chi connectivity index (χ0n) is 4.89. The van der Waals surface area contributed by atoms with Crippen molar-refractivity contribution < 1.29 is 5.11 Å². The van der Waals surface area contributed by atoms with Crippen molar-refractivity contribution in [1.29, 1.82) is 5.53 Å². The summed E-state index contributed by atoms with van der Waals surface area (Å²) in [5.74, 6) is 0. The molecule has 0 bridgehead atoms. The summed E-state index contributed by atoms with van der Waals surface area (Å²) in [6.07, 6.45) is 2.20. The minimum Gasteiger partial charge on any atom is -0.396 e. The quantitative estimate of drug-likeness (QED) is 0.534. The van der Waals surface area contributed by atoms with Crippen molar-refractivity contribution in [2.75, 3.05) is 6.61 Å². The number of allylic oxidation sites excluding steroid dienone is 1. The van der Waals surface area contributed by atoms with Gasteiger partial charge in [0.15, 0.2) is 0 Å². The van der Waals surface area contributed by atoms with Gasteiger partial charge in [-0.1, -0.05) is 6.08 Å². The Kier molecular flexibility index (Phi) is 4.07. The van der Waals surface area contributed by atoms with Crippen LogP contribution in [0.3, 0.4) is 0 Å². The Bertz CT molecular complexity index is 98.6. The van der Waals surface area contributed by atoms with Crippen LogP contribution in [0, 0.1) is 5.53 Å². The van der Waals surface area contributed by atoms with Crippen LogP contribution in [-0.4, -0.2) is 11.7 Å². The molecule has 0 unspecified atom stereocenters. The van der Waals surface area contributed by atoms with Gasteiger partial charge in [0.25, 0.3) is 0 Å². The second-order valence-corrected chi connectivity index (χ2v) is 1.37. The number of aliphatic hydroxyl groups is 1. The fraction of sp³-hybridized carbons (Fsp3) is 0.600. The van der Waals surface area contributed by atoms with E-state index in [9.17, 15) is 0 Å². The summed E-state index contributed by atoms with van der Waals surface area (Å²) in [5.41, 5.74) is 7.14. The molecule has 0 amide bonds. The molecule has 0 radical (unpaired) electrons. The lowest BCUT2D eigenvalue weighted by Crippen LogP contribution is -1.82. The van der Waals surface area contributed by atoms with E-state index < -0.39 is 0 Å². The molecule has 0 saturated carbocycles. The zero-order chi connectivity index (χ0) is 6.41. The second kappa shape index (κ2) is 4.46. The highest BCUT2D eigenvalue weighted by atomic mass is 16.3. The van der Waals surface area contributed by atoms with Gasteiger partial charge in [-0.05, 0) is 6.92 Å². The normalized spacial score (nSPS) is 11.5. The number of nitrogens with zero attached hydrogens (tertiary/aromatic N) is 1. The van der Waals surface area contributed by atoms with E-state index >= 15 is 0 Å². The Morgan fingerprint density at radius 3 is 2.62 bits per heavy atom. The summed E-state index contributed by atoms with van der Waals surface area (Å²) >= 11 is 0. The molecule has 0 saturated heterocycles. The standard InChI is InChI=1S/C5H10N2O/c1-2-5(7-6)3-4-8/h2,6,8H,3-4H2,1H3/b5-2-,7-6?. The predicted molar refractivity (Wildman–Crippen MR) is 30.6 cm³/mol. The highest BCUT2D eigenvalue weighted by Crippen LogP contribution is 1.99. The van der Waals surface area contributed by atoms with Crippen LogP contribution in [0.15, 0.2) is 16.9 Å². The number of hydrogen-bond acceptors (Lipinski definition) is 3. The first-order valence-corrected chi connectivity index (χ1v) is 2.48. The molecule has 0 heterocycles. The largest absolute Gasteiger partial charge is 0.396 e. The second-order valence-electron chi connectivity index (χ2n) is 1.37. The Balaban J connectivity index is 3.54. The van der Waals surface area contributed by atoms with Crippen molar-refractivity contribution in [3.8, 4) is 0 Å². The minimum atomic E-state index is 0.0715. The molecule has 0 fully saturated rings. The average Bonchev–Trinajstić information content (AvgIpc) is 1.83. The maximum atomic E-state index is 8.31. The molecular weight excluding hydrogens is 104 g/mol. The molecule has 2 N–H and O–H groups in total. The summed E-state index contributed by atoms with van der Waals surface area (Å²) in [5, 5.41) is 11.5. The molecule has 0 aromatic rings. The van der Waals surface area contributed by atoms with Crippen LogP contribution < -0.4 is 0 Å². The molecule has 0 aliphatic rings. The van der Waals surface area contributed by atoms with E-state index in [2.05, 4.69) is 5.11 Å². The van der Waals surface area contributed by atoms with Crippen molar-refractivity contribution in [2.24, 2.45) is 5.11 Å². The number of rotatable bonds is 3. The lowest BCUT2D eigenvalue weighted by molar-refractivity contribution is 0.298. The van der Waals surface area contributed by atoms with E-state index in [0.29, 0.717) is 12.1 Å². The monoisotopic (exact) mass is 114 g/mol. The van der Waals surface area contributed by atoms with Gasteiger partial charge in [-0.15, -0.1) is 0 Å². The third kappa shape index (κ3) is 2.47. The van der Waals surface area contributed by atoms with Gasteiger partial charge >= 0.3 is 0 Å². The summed E-state index contributed by atoms with van der Waals surface area (Å²) < 4.78 is 0. The first kappa shape index (κ1) is 7.30. The van der Waals surface area contributed by atoms with E-state index in [4.69, 9.17) is 10.6 Å². The summed E-state index contributed by atoms with van der Waals surface area (Å²) in [6, 6.07) is 0. The van der Waals surface area contributed by atoms with Gasteiger partial charge in [0.05, 0.1) is 5.70 Å². The smallest absolute Gasteiger partial charge is 0.0604 e. The van der Waals surface area contributed by atoms with Crippen molar-refractivity contribution in [2.45, 2.75) is 13.3 Å². The highest BCUT2D eigenvalue weighted by molar-refractivity contribution is 4.95. The molecule has 3 nitrogen and oxygen atoms in total. The lowest BCUT2D eigenvalue weighted by Gasteiger charge is -1.90. The van der Waals surface area contributed by atoms with E-state index in [-0.39, 0.29) is 6.61 Å². The van der Waals surface area contributed by atoms with Crippen LogP contribution in [0.1, 0.15) is 13.3 Å². The summed E-state index contributed by atoms with van der Waals surface area (Å²) in [6.45, 7) is 1.87. The van der Waals surface area contributed by atoms with Crippen LogP contribution in [0.4, 0.5) is 0 Å². The lowest BCUT2D eigenvalue weighted by atomic mass is 10.3. The van der Waals surface area contributed by atoms with Gasteiger partial charge < -0.3 is 5.11 Å². The SMILES string of the molecule is C/C=C(/CCO)N=N. The molecule has 0 aromatic heterocycles. The summed E-state index contributed by atoms with van der Waals surface area (Å²) in [7, 11) is 0. The molecule has 0 rings (SSSR count). The minimum absolute atomic E-state index is 0.0715. The first-order valence-electron chi connectivity index (χ1n) is 2.48. The molecular formula is C5H10N2O. The fourth-order valence-corrected chi connectivity index (χ4v) is 0.379. The van der Waals surface area contributed by atoms with E-state index in [1.54, 1.807) is 13.0 Å². The van der Waals surface area contributed by atoms with Gasteiger partial charge in [0, 0.05) is 13.0 Å².